The first-order chi connectivity index (χ1) is 11.7. The molecule has 1 unspecified atom stereocenters. The van der Waals surface area contributed by atoms with E-state index in [0.717, 1.165) is 51.3 Å². The highest BCUT2D eigenvalue weighted by Crippen LogP contribution is 2.32. The first-order valence-corrected chi connectivity index (χ1v) is 9.30. The molecule has 2 saturated heterocycles. The molecular formula is C20H28N2O2. The first-order valence-electron chi connectivity index (χ1n) is 9.30. The molecule has 2 aromatic rings. The molecule has 4 heteroatoms. The zero-order valence-electron chi connectivity index (χ0n) is 14.8. The summed E-state index contributed by atoms with van der Waals surface area (Å²) in [6, 6.07) is 9.73. The minimum Gasteiger partial charge on any atom is -0.490 e. The number of fused-ring (bicyclic) bond motifs is 1. The van der Waals surface area contributed by atoms with E-state index >= 15 is 0 Å². The molecule has 0 radical (unpaired) electrons. The minimum absolute atomic E-state index is 0.337. The summed E-state index contributed by atoms with van der Waals surface area (Å²) in [5.41, 5.74) is 1.27. The van der Waals surface area contributed by atoms with Crippen molar-refractivity contribution in [2.45, 2.75) is 51.3 Å². The number of likely N-dealkylation sites (tertiary alicyclic amines) is 1. The standard InChI is InChI=1S/C20H28N2O2/c1-15(2)21-10-6-17(7-11-21)24-20-5-3-4-19-18(20)8-12-22(19)16-9-13-23-14-16/h3-5,8,12,15-17H,6-7,9-11,13-14H2,1-2H3. The van der Waals surface area contributed by atoms with Crippen molar-refractivity contribution in [3.8, 4) is 5.75 Å². The largest absolute Gasteiger partial charge is 0.490 e. The van der Waals surface area contributed by atoms with Crippen LogP contribution in [0.25, 0.3) is 10.9 Å². The molecule has 130 valence electrons. The maximum absolute atomic E-state index is 6.40. The maximum atomic E-state index is 6.40. The first kappa shape index (κ1) is 16.0. The Bertz CT molecular complexity index is 680. The summed E-state index contributed by atoms with van der Waals surface area (Å²) in [5, 5.41) is 1.23. The van der Waals surface area contributed by atoms with Gasteiger partial charge in [-0.3, -0.25) is 0 Å². The van der Waals surface area contributed by atoms with Crippen molar-refractivity contribution in [2.75, 3.05) is 26.3 Å². The lowest BCUT2D eigenvalue weighted by atomic mass is 10.1. The van der Waals surface area contributed by atoms with Gasteiger partial charge < -0.3 is 18.9 Å². The van der Waals surface area contributed by atoms with Gasteiger partial charge in [0.1, 0.15) is 11.9 Å². The van der Waals surface area contributed by atoms with E-state index in [9.17, 15) is 0 Å². The summed E-state index contributed by atoms with van der Waals surface area (Å²) >= 11 is 0. The van der Waals surface area contributed by atoms with Crippen LogP contribution in [0.3, 0.4) is 0 Å². The predicted octanol–water partition coefficient (Wildman–Crippen LogP) is 3.85. The van der Waals surface area contributed by atoms with E-state index in [4.69, 9.17) is 9.47 Å². The van der Waals surface area contributed by atoms with Crippen molar-refractivity contribution >= 4 is 10.9 Å². The summed E-state index contributed by atoms with van der Waals surface area (Å²) < 4.78 is 14.3. The van der Waals surface area contributed by atoms with Gasteiger partial charge in [-0.2, -0.15) is 0 Å². The topological polar surface area (TPSA) is 26.6 Å². The van der Waals surface area contributed by atoms with Gasteiger partial charge >= 0.3 is 0 Å². The number of hydrogen-bond acceptors (Lipinski definition) is 3. The van der Waals surface area contributed by atoms with Crippen LogP contribution < -0.4 is 4.74 Å². The highest BCUT2D eigenvalue weighted by molar-refractivity contribution is 5.86. The molecular weight excluding hydrogens is 300 g/mol. The highest BCUT2D eigenvalue weighted by Gasteiger charge is 2.23. The van der Waals surface area contributed by atoms with E-state index in [1.165, 1.54) is 10.9 Å². The molecule has 2 fully saturated rings. The van der Waals surface area contributed by atoms with Crippen LogP contribution in [-0.2, 0) is 4.74 Å². The molecule has 1 aromatic carbocycles. The van der Waals surface area contributed by atoms with E-state index in [1.807, 2.05) is 0 Å². The molecule has 2 aliphatic rings. The fourth-order valence-corrected chi connectivity index (χ4v) is 4.01. The predicted molar refractivity (Wildman–Crippen MR) is 96.8 cm³/mol. The SMILES string of the molecule is CC(C)N1CCC(Oc2cccc3c2ccn3C2CCOC2)CC1. The van der Waals surface area contributed by atoms with Crippen molar-refractivity contribution in [3.05, 3.63) is 30.5 Å². The van der Waals surface area contributed by atoms with Gasteiger partial charge in [-0.15, -0.1) is 0 Å². The summed E-state index contributed by atoms with van der Waals surface area (Å²) in [5.74, 6) is 1.04. The molecule has 3 heterocycles. The summed E-state index contributed by atoms with van der Waals surface area (Å²) in [7, 11) is 0. The molecule has 1 atom stereocenters. The zero-order valence-corrected chi connectivity index (χ0v) is 14.8. The van der Waals surface area contributed by atoms with Crippen molar-refractivity contribution in [1.29, 1.82) is 0 Å². The zero-order chi connectivity index (χ0) is 16.5. The third-order valence-electron chi connectivity index (χ3n) is 5.52. The Morgan fingerprint density at radius 2 is 1.96 bits per heavy atom. The lowest BCUT2D eigenvalue weighted by Crippen LogP contribution is -2.41. The summed E-state index contributed by atoms with van der Waals surface area (Å²) in [6.07, 6.45) is 5.86. The number of aromatic nitrogens is 1. The average Bonchev–Trinajstić information content (AvgIpc) is 3.25. The molecule has 0 spiro atoms. The van der Waals surface area contributed by atoms with Crippen LogP contribution >= 0.6 is 0 Å². The quantitative estimate of drug-likeness (QED) is 0.853. The Morgan fingerprint density at radius 3 is 2.67 bits per heavy atom. The molecule has 2 aliphatic heterocycles. The van der Waals surface area contributed by atoms with Crippen LogP contribution in [0.15, 0.2) is 30.5 Å². The van der Waals surface area contributed by atoms with E-state index < -0.39 is 0 Å². The molecule has 0 bridgehead atoms. The normalized spacial score (nSPS) is 23.4. The number of hydrogen-bond donors (Lipinski definition) is 0. The summed E-state index contributed by atoms with van der Waals surface area (Å²) in [6.45, 7) is 8.52. The average molecular weight is 328 g/mol. The lowest BCUT2D eigenvalue weighted by Gasteiger charge is -2.34. The van der Waals surface area contributed by atoms with Crippen LogP contribution in [0, 0.1) is 0 Å². The minimum atomic E-state index is 0.337. The maximum Gasteiger partial charge on any atom is 0.129 e. The molecule has 4 nitrogen and oxygen atoms in total. The monoisotopic (exact) mass is 328 g/mol. The molecule has 1 aromatic heterocycles. The molecule has 0 amide bonds. The van der Waals surface area contributed by atoms with Crippen molar-refractivity contribution in [2.24, 2.45) is 0 Å². The molecule has 0 saturated carbocycles. The Morgan fingerprint density at radius 1 is 1.12 bits per heavy atom. The van der Waals surface area contributed by atoms with Crippen molar-refractivity contribution in [1.82, 2.24) is 9.47 Å². The van der Waals surface area contributed by atoms with Crippen LogP contribution in [0.1, 0.15) is 39.2 Å². The number of ether oxygens (including phenoxy) is 2. The Hall–Kier alpha value is -1.52. The number of nitrogens with zero attached hydrogens (tertiary/aromatic N) is 2. The van der Waals surface area contributed by atoms with Crippen LogP contribution in [0.5, 0.6) is 5.75 Å². The van der Waals surface area contributed by atoms with Crippen LogP contribution in [0.4, 0.5) is 0 Å². The second-order valence-corrected chi connectivity index (χ2v) is 7.38. The Kier molecular flexibility index (Phi) is 4.51. The van der Waals surface area contributed by atoms with Gasteiger partial charge in [0.05, 0.1) is 18.2 Å². The van der Waals surface area contributed by atoms with Gasteiger partial charge in [0.2, 0.25) is 0 Å². The van der Waals surface area contributed by atoms with Gasteiger partial charge in [0, 0.05) is 37.3 Å². The van der Waals surface area contributed by atoms with E-state index in [0.29, 0.717) is 18.2 Å². The van der Waals surface area contributed by atoms with Gasteiger partial charge in [-0.25, -0.2) is 0 Å². The van der Waals surface area contributed by atoms with Crippen LogP contribution in [0.2, 0.25) is 0 Å². The van der Waals surface area contributed by atoms with Gasteiger partial charge in [0.15, 0.2) is 0 Å². The number of piperidine rings is 1. The third kappa shape index (κ3) is 3.05. The smallest absolute Gasteiger partial charge is 0.129 e. The van der Waals surface area contributed by atoms with Crippen molar-refractivity contribution in [3.63, 3.8) is 0 Å². The third-order valence-corrected chi connectivity index (χ3v) is 5.52. The van der Waals surface area contributed by atoms with E-state index in [2.05, 4.69) is 53.8 Å². The molecule has 0 aliphatic carbocycles. The highest BCUT2D eigenvalue weighted by atomic mass is 16.5. The molecule has 4 rings (SSSR count). The Balaban J connectivity index is 1.51. The van der Waals surface area contributed by atoms with Gasteiger partial charge in [-0.1, -0.05) is 6.07 Å². The lowest BCUT2D eigenvalue weighted by molar-refractivity contribution is 0.0853. The van der Waals surface area contributed by atoms with E-state index in [1.54, 1.807) is 0 Å². The Labute approximate surface area is 144 Å². The molecule has 24 heavy (non-hydrogen) atoms. The second-order valence-electron chi connectivity index (χ2n) is 7.38. The second kappa shape index (κ2) is 6.77. The van der Waals surface area contributed by atoms with E-state index in [-0.39, 0.29) is 0 Å². The van der Waals surface area contributed by atoms with Crippen LogP contribution in [-0.4, -0.2) is 47.9 Å². The van der Waals surface area contributed by atoms with Gasteiger partial charge in [-0.05, 0) is 51.3 Å². The van der Waals surface area contributed by atoms with Gasteiger partial charge in [0.25, 0.3) is 0 Å². The fraction of sp³-hybridized carbons (Fsp3) is 0.600. The fourth-order valence-electron chi connectivity index (χ4n) is 4.01. The van der Waals surface area contributed by atoms with Crippen molar-refractivity contribution < 1.29 is 9.47 Å². The molecule has 0 N–H and O–H groups in total. The number of rotatable bonds is 4. The number of benzene rings is 1. The summed E-state index contributed by atoms with van der Waals surface area (Å²) in [4.78, 5) is 2.54.